The van der Waals surface area contributed by atoms with Gasteiger partial charge in [0.05, 0.1) is 19.2 Å². The molecule has 1 unspecified atom stereocenters. The lowest BCUT2D eigenvalue weighted by Gasteiger charge is -2.15. The second-order valence-corrected chi connectivity index (χ2v) is 3.43. The average Bonchev–Trinajstić information content (AvgIpc) is 1.98. The number of nitrogens with zero attached hydrogens (tertiary/aromatic N) is 1. The predicted octanol–water partition coefficient (Wildman–Crippen LogP) is 0.953. The van der Waals surface area contributed by atoms with Crippen LogP contribution in [-0.4, -0.2) is 47.6 Å². The minimum absolute atomic E-state index is 0.148. The van der Waals surface area contributed by atoms with Crippen LogP contribution >= 0.6 is 0 Å². The van der Waals surface area contributed by atoms with Gasteiger partial charge >= 0.3 is 11.8 Å². The number of β-amino-alcohol motifs (C(OH)–C–C–N with tert-alkyl or cyclic N) is 1. The Morgan fingerprint density at radius 3 is 1.92 bits per heavy atom. The van der Waals surface area contributed by atoms with Crippen molar-refractivity contribution in [2.45, 2.75) is 24.9 Å². The van der Waals surface area contributed by atoms with Gasteiger partial charge in [0, 0.05) is 6.54 Å². The Morgan fingerprint density at radius 2 is 1.62 bits per heavy atom. The largest absolute Gasteiger partial charge is 0.392 e. The van der Waals surface area contributed by atoms with Crippen LogP contribution in [0.2, 0.25) is 0 Å². The molecule has 1 fully saturated rings. The summed E-state index contributed by atoms with van der Waals surface area (Å²) in [5.41, 5.74) is 0. The summed E-state index contributed by atoms with van der Waals surface area (Å²) in [6.45, 7) is -0.740. The Hall–Kier alpha value is -0.360. The summed E-state index contributed by atoms with van der Waals surface area (Å²) in [6, 6.07) is 0. The van der Waals surface area contributed by atoms with E-state index in [2.05, 4.69) is 0 Å². The van der Waals surface area contributed by atoms with Gasteiger partial charge in [0.2, 0.25) is 0 Å². The van der Waals surface area contributed by atoms with Crippen molar-refractivity contribution in [1.29, 1.82) is 0 Å². The lowest BCUT2D eigenvalue weighted by atomic mass is 10.2. The van der Waals surface area contributed by atoms with Crippen molar-refractivity contribution >= 4 is 0 Å². The minimum atomic E-state index is -3.97. The normalized spacial score (nSPS) is 29.1. The zero-order valence-electron chi connectivity index (χ0n) is 7.10. The lowest BCUT2D eigenvalue weighted by molar-refractivity contribution is -0.172. The van der Waals surface area contributed by atoms with E-state index >= 15 is 0 Å². The SMILES string of the molecule is CC(O)CN1CC(F)(F)C(F)(F)C1. The molecule has 2 nitrogen and oxygen atoms in total. The first-order valence-corrected chi connectivity index (χ1v) is 3.91. The summed E-state index contributed by atoms with van der Waals surface area (Å²) in [4.78, 5) is 0.866. The molecule has 0 aromatic rings. The van der Waals surface area contributed by atoms with E-state index in [1.807, 2.05) is 0 Å². The molecule has 78 valence electrons. The highest BCUT2D eigenvalue weighted by Gasteiger charge is 2.62. The van der Waals surface area contributed by atoms with Crippen molar-refractivity contribution in [2.24, 2.45) is 0 Å². The molecule has 1 atom stereocenters. The molecule has 1 rings (SSSR count). The standard InChI is InChI=1S/C7H11F4NO/c1-5(13)2-12-3-6(8,9)7(10,11)4-12/h5,13H,2-4H2,1H3. The van der Waals surface area contributed by atoms with Crippen molar-refractivity contribution in [3.8, 4) is 0 Å². The molecule has 1 heterocycles. The molecule has 1 aliphatic rings. The van der Waals surface area contributed by atoms with E-state index in [0.717, 1.165) is 4.90 Å². The van der Waals surface area contributed by atoms with E-state index in [1.54, 1.807) is 0 Å². The van der Waals surface area contributed by atoms with Crippen molar-refractivity contribution in [1.82, 2.24) is 4.90 Å². The van der Waals surface area contributed by atoms with Gasteiger partial charge in [0.15, 0.2) is 0 Å². The third kappa shape index (κ3) is 2.11. The number of rotatable bonds is 2. The molecule has 6 heteroatoms. The smallest absolute Gasteiger partial charge is 0.323 e. The quantitative estimate of drug-likeness (QED) is 0.672. The van der Waals surface area contributed by atoms with Gasteiger partial charge in [-0.25, -0.2) is 0 Å². The molecule has 0 amide bonds. The Balaban J connectivity index is 2.60. The fraction of sp³-hybridized carbons (Fsp3) is 1.00. The van der Waals surface area contributed by atoms with E-state index in [9.17, 15) is 17.6 Å². The molecule has 0 radical (unpaired) electrons. The van der Waals surface area contributed by atoms with Gasteiger partial charge in [0.25, 0.3) is 0 Å². The van der Waals surface area contributed by atoms with Gasteiger partial charge in [0.1, 0.15) is 0 Å². The average molecular weight is 201 g/mol. The maximum Gasteiger partial charge on any atom is 0.323 e. The second-order valence-electron chi connectivity index (χ2n) is 3.43. The van der Waals surface area contributed by atoms with Crippen LogP contribution in [0.25, 0.3) is 0 Å². The van der Waals surface area contributed by atoms with Crippen LogP contribution in [-0.2, 0) is 0 Å². The zero-order chi connectivity index (χ0) is 10.3. The maximum absolute atomic E-state index is 12.5. The molecule has 0 spiro atoms. The van der Waals surface area contributed by atoms with Crippen LogP contribution in [0.3, 0.4) is 0 Å². The van der Waals surface area contributed by atoms with Crippen LogP contribution in [0, 0.1) is 0 Å². The number of likely N-dealkylation sites (tertiary alicyclic amines) is 1. The van der Waals surface area contributed by atoms with E-state index < -0.39 is 31.0 Å². The predicted molar refractivity (Wildman–Crippen MR) is 38.0 cm³/mol. The maximum atomic E-state index is 12.5. The summed E-state index contributed by atoms with van der Waals surface area (Å²) in [7, 11) is 0. The molecule has 0 aromatic heterocycles. The summed E-state index contributed by atoms with van der Waals surface area (Å²) >= 11 is 0. The highest BCUT2D eigenvalue weighted by atomic mass is 19.3. The van der Waals surface area contributed by atoms with Crippen molar-refractivity contribution in [2.75, 3.05) is 19.6 Å². The molecule has 1 N–H and O–H groups in total. The fourth-order valence-electron chi connectivity index (χ4n) is 1.35. The summed E-state index contributed by atoms with van der Waals surface area (Å²) in [5, 5.41) is 8.82. The molecular formula is C7H11F4NO. The number of aliphatic hydroxyl groups is 1. The molecule has 13 heavy (non-hydrogen) atoms. The van der Waals surface area contributed by atoms with E-state index in [0.29, 0.717) is 0 Å². The van der Waals surface area contributed by atoms with Crippen LogP contribution in [0.5, 0.6) is 0 Å². The number of alkyl halides is 4. The van der Waals surface area contributed by atoms with Gasteiger partial charge in [-0.2, -0.15) is 17.6 Å². The van der Waals surface area contributed by atoms with Crippen molar-refractivity contribution in [3.63, 3.8) is 0 Å². The molecule has 0 aliphatic carbocycles. The van der Waals surface area contributed by atoms with E-state index in [-0.39, 0.29) is 6.54 Å². The van der Waals surface area contributed by atoms with E-state index in [1.165, 1.54) is 6.92 Å². The first kappa shape index (κ1) is 10.7. The molecular weight excluding hydrogens is 190 g/mol. The fourth-order valence-corrected chi connectivity index (χ4v) is 1.35. The summed E-state index contributed by atoms with van der Waals surface area (Å²) in [5.74, 6) is -7.94. The monoisotopic (exact) mass is 201 g/mol. The second kappa shape index (κ2) is 3.09. The van der Waals surface area contributed by atoms with Crippen LogP contribution in [0.15, 0.2) is 0 Å². The van der Waals surface area contributed by atoms with Gasteiger partial charge in [-0.1, -0.05) is 0 Å². The van der Waals surface area contributed by atoms with Crippen LogP contribution in [0.1, 0.15) is 6.92 Å². The highest BCUT2D eigenvalue weighted by molar-refractivity contribution is 4.97. The van der Waals surface area contributed by atoms with Crippen LogP contribution in [0.4, 0.5) is 17.6 Å². The Bertz CT molecular complexity index is 179. The Morgan fingerprint density at radius 1 is 1.23 bits per heavy atom. The molecule has 1 saturated heterocycles. The number of aliphatic hydroxyl groups excluding tert-OH is 1. The third-order valence-electron chi connectivity index (χ3n) is 1.90. The number of halogens is 4. The first-order chi connectivity index (χ1) is 5.74. The highest BCUT2D eigenvalue weighted by Crippen LogP contribution is 2.40. The Kier molecular flexibility index (Phi) is 2.55. The minimum Gasteiger partial charge on any atom is -0.392 e. The van der Waals surface area contributed by atoms with E-state index in [4.69, 9.17) is 5.11 Å². The number of hydrogen-bond donors (Lipinski definition) is 1. The van der Waals surface area contributed by atoms with Crippen molar-refractivity contribution in [3.05, 3.63) is 0 Å². The topological polar surface area (TPSA) is 23.5 Å². The van der Waals surface area contributed by atoms with Gasteiger partial charge in [-0.15, -0.1) is 0 Å². The van der Waals surface area contributed by atoms with Gasteiger partial charge < -0.3 is 5.11 Å². The molecule has 0 saturated carbocycles. The number of hydrogen-bond acceptors (Lipinski definition) is 2. The van der Waals surface area contributed by atoms with Gasteiger partial charge in [-0.05, 0) is 6.92 Å². The molecule has 0 bridgehead atoms. The molecule has 0 aromatic carbocycles. The Labute approximate surface area is 73.1 Å². The first-order valence-electron chi connectivity index (χ1n) is 3.91. The lowest BCUT2D eigenvalue weighted by Crippen LogP contribution is -2.38. The zero-order valence-corrected chi connectivity index (χ0v) is 7.10. The summed E-state index contributed by atoms with van der Waals surface area (Å²) in [6.07, 6.45) is -0.871. The third-order valence-corrected chi connectivity index (χ3v) is 1.90. The van der Waals surface area contributed by atoms with Crippen LogP contribution < -0.4 is 0 Å². The molecule has 1 aliphatic heterocycles. The summed E-state index contributed by atoms with van der Waals surface area (Å²) < 4.78 is 50.2. The van der Waals surface area contributed by atoms with Gasteiger partial charge in [-0.3, -0.25) is 4.90 Å². The van der Waals surface area contributed by atoms with Crippen molar-refractivity contribution < 1.29 is 22.7 Å².